The quantitative estimate of drug-likeness (QED) is 0.270. The Hall–Kier alpha value is -3.46. The molecular formula is C16H12N2O10S2. The number of allylic oxidation sites excluding steroid dienone is 2. The molecule has 12 nitrogen and oxygen atoms in total. The van der Waals surface area contributed by atoms with Gasteiger partial charge in [0.25, 0.3) is 31.6 Å². The summed E-state index contributed by atoms with van der Waals surface area (Å²) in [5.74, 6) is 0. The molecule has 0 aliphatic carbocycles. The summed E-state index contributed by atoms with van der Waals surface area (Å²) in [5, 5.41) is 21.6. The Morgan fingerprint density at radius 1 is 0.700 bits per heavy atom. The van der Waals surface area contributed by atoms with Crippen LogP contribution in [-0.4, -0.2) is 35.8 Å². The Morgan fingerprint density at radius 3 is 1.30 bits per heavy atom. The van der Waals surface area contributed by atoms with E-state index >= 15 is 0 Å². The van der Waals surface area contributed by atoms with Gasteiger partial charge in [-0.1, -0.05) is 24.3 Å². The predicted molar refractivity (Wildman–Crippen MR) is 104 cm³/mol. The van der Waals surface area contributed by atoms with Crippen molar-refractivity contribution >= 4 is 43.8 Å². The third-order valence-corrected chi connectivity index (χ3v) is 5.45. The van der Waals surface area contributed by atoms with Crippen LogP contribution in [0.3, 0.4) is 0 Å². The Morgan fingerprint density at radius 2 is 1.03 bits per heavy atom. The SMILES string of the molecule is O=[N+]([O-])c1ccc(C=CC=Cc2ccc([N+](=O)[O-])cc2S(=O)(=O)O)c(S(=O)(=O)O)c1. The summed E-state index contributed by atoms with van der Waals surface area (Å²) in [4.78, 5) is 18.4. The first-order valence-electron chi connectivity index (χ1n) is 7.67. The van der Waals surface area contributed by atoms with Crippen molar-refractivity contribution in [3.05, 3.63) is 79.9 Å². The lowest BCUT2D eigenvalue weighted by Crippen LogP contribution is -2.02. The molecule has 0 spiro atoms. The zero-order valence-electron chi connectivity index (χ0n) is 14.6. The fourth-order valence-corrected chi connectivity index (χ4v) is 3.72. The molecule has 0 saturated carbocycles. The van der Waals surface area contributed by atoms with Crippen molar-refractivity contribution in [2.45, 2.75) is 9.79 Å². The minimum absolute atomic E-state index is 0.0912. The average Bonchev–Trinajstić information content (AvgIpc) is 2.63. The van der Waals surface area contributed by atoms with Crippen LogP contribution in [0.5, 0.6) is 0 Å². The van der Waals surface area contributed by atoms with E-state index in [0.29, 0.717) is 12.1 Å². The molecule has 0 saturated heterocycles. The topological polar surface area (TPSA) is 195 Å². The van der Waals surface area contributed by atoms with E-state index in [1.54, 1.807) is 0 Å². The van der Waals surface area contributed by atoms with E-state index in [0.717, 1.165) is 24.3 Å². The van der Waals surface area contributed by atoms with Gasteiger partial charge in [-0.15, -0.1) is 0 Å². The minimum atomic E-state index is -4.77. The maximum atomic E-state index is 11.5. The van der Waals surface area contributed by atoms with E-state index in [2.05, 4.69) is 0 Å². The van der Waals surface area contributed by atoms with E-state index in [1.807, 2.05) is 0 Å². The Kier molecular flexibility index (Phi) is 6.47. The first kappa shape index (κ1) is 22.8. The number of nitro groups is 2. The van der Waals surface area contributed by atoms with Gasteiger partial charge in [0.15, 0.2) is 0 Å². The summed E-state index contributed by atoms with van der Waals surface area (Å²) in [6.07, 6.45) is 4.79. The summed E-state index contributed by atoms with van der Waals surface area (Å²) in [7, 11) is -9.55. The second kappa shape index (κ2) is 8.50. The fourth-order valence-electron chi connectivity index (χ4n) is 2.31. The molecular weight excluding hydrogens is 444 g/mol. The van der Waals surface area contributed by atoms with Crippen molar-refractivity contribution in [3.63, 3.8) is 0 Å². The monoisotopic (exact) mass is 456 g/mol. The van der Waals surface area contributed by atoms with Gasteiger partial charge in [-0.25, -0.2) is 0 Å². The lowest BCUT2D eigenvalue weighted by atomic mass is 10.1. The van der Waals surface area contributed by atoms with E-state index in [-0.39, 0.29) is 11.1 Å². The zero-order chi connectivity index (χ0) is 22.7. The number of hydrogen-bond donors (Lipinski definition) is 2. The van der Waals surface area contributed by atoms with Crippen LogP contribution in [0.15, 0.2) is 58.3 Å². The molecule has 0 heterocycles. The molecule has 0 fully saturated rings. The smallest absolute Gasteiger partial charge is 0.282 e. The van der Waals surface area contributed by atoms with Crippen LogP contribution in [0.4, 0.5) is 11.4 Å². The highest BCUT2D eigenvalue weighted by Gasteiger charge is 2.20. The van der Waals surface area contributed by atoms with E-state index in [4.69, 9.17) is 0 Å². The maximum Gasteiger partial charge on any atom is 0.295 e. The number of rotatable bonds is 7. The Bertz CT molecular complexity index is 1190. The molecule has 158 valence electrons. The molecule has 2 rings (SSSR count). The molecule has 0 aliphatic rings. The Balaban J connectivity index is 2.43. The third-order valence-electron chi connectivity index (χ3n) is 3.63. The molecule has 2 N–H and O–H groups in total. The van der Waals surface area contributed by atoms with Gasteiger partial charge in [-0.05, 0) is 23.3 Å². The van der Waals surface area contributed by atoms with Crippen LogP contribution >= 0.6 is 0 Å². The van der Waals surface area contributed by atoms with Crippen molar-refractivity contribution in [2.75, 3.05) is 0 Å². The summed E-state index contributed by atoms with van der Waals surface area (Å²) in [6, 6.07) is 5.55. The molecule has 0 atom stereocenters. The van der Waals surface area contributed by atoms with E-state index in [1.165, 1.54) is 24.3 Å². The van der Waals surface area contributed by atoms with Crippen molar-refractivity contribution in [1.82, 2.24) is 0 Å². The second-order valence-electron chi connectivity index (χ2n) is 5.63. The van der Waals surface area contributed by atoms with Crippen LogP contribution in [0, 0.1) is 20.2 Å². The molecule has 0 bridgehead atoms. The molecule has 2 aromatic carbocycles. The first-order chi connectivity index (χ1) is 13.8. The van der Waals surface area contributed by atoms with Crippen LogP contribution < -0.4 is 0 Å². The van der Waals surface area contributed by atoms with E-state index < -0.39 is 51.2 Å². The molecule has 14 heteroatoms. The highest BCUT2D eigenvalue weighted by Crippen LogP contribution is 2.25. The van der Waals surface area contributed by atoms with Gasteiger partial charge < -0.3 is 0 Å². The molecule has 0 aromatic heterocycles. The number of nitro benzene ring substituents is 2. The zero-order valence-corrected chi connectivity index (χ0v) is 16.3. The van der Waals surface area contributed by atoms with E-state index in [9.17, 15) is 46.2 Å². The Labute approximate surface area is 169 Å². The van der Waals surface area contributed by atoms with Gasteiger partial charge in [0.1, 0.15) is 9.79 Å². The highest BCUT2D eigenvalue weighted by atomic mass is 32.2. The first-order valence-corrected chi connectivity index (χ1v) is 10.6. The predicted octanol–water partition coefficient (Wildman–Crippen LogP) is 2.72. The van der Waals surface area contributed by atoms with Gasteiger partial charge in [-0.3, -0.25) is 29.3 Å². The van der Waals surface area contributed by atoms with Gasteiger partial charge in [-0.2, -0.15) is 16.8 Å². The summed E-state index contributed by atoms with van der Waals surface area (Å²) in [5.41, 5.74) is -1.30. The van der Waals surface area contributed by atoms with Crippen molar-refractivity contribution < 1.29 is 35.8 Å². The van der Waals surface area contributed by atoms with Crippen LogP contribution in [0.2, 0.25) is 0 Å². The summed E-state index contributed by atoms with van der Waals surface area (Å²) in [6.45, 7) is 0. The molecule has 2 aromatic rings. The molecule has 30 heavy (non-hydrogen) atoms. The lowest BCUT2D eigenvalue weighted by Gasteiger charge is -2.03. The standard InChI is InChI=1S/C16H12N2O10S2/c19-17(20)13-7-5-11(15(9-13)29(23,24)25)3-1-2-4-12-6-8-14(18(21)22)10-16(12)30(26,27)28/h1-10H,(H,23,24,25)(H,26,27,28). The minimum Gasteiger partial charge on any atom is -0.282 e. The van der Waals surface area contributed by atoms with Crippen LogP contribution in [-0.2, 0) is 20.2 Å². The highest BCUT2D eigenvalue weighted by molar-refractivity contribution is 7.86. The number of benzene rings is 2. The lowest BCUT2D eigenvalue weighted by molar-refractivity contribution is -0.385. The largest absolute Gasteiger partial charge is 0.295 e. The maximum absolute atomic E-state index is 11.5. The molecule has 0 unspecified atom stereocenters. The van der Waals surface area contributed by atoms with Gasteiger partial charge >= 0.3 is 0 Å². The number of nitrogens with zero attached hydrogens (tertiary/aromatic N) is 2. The van der Waals surface area contributed by atoms with Crippen molar-refractivity contribution in [3.8, 4) is 0 Å². The van der Waals surface area contributed by atoms with Gasteiger partial charge in [0.05, 0.1) is 9.85 Å². The average molecular weight is 456 g/mol. The van der Waals surface area contributed by atoms with Crippen molar-refractivity contribution in [1.29, 1.82) is 0 Å². The summed E-state index contributed by atoms with van der Waals surface area (Å²) >= 11 is 0. The number of non-ortho nitro benzene ring substituents is 2. The van der Waals surface area contributed by atoms with Gasteiger partial charge in [0.2, 0.25) is 0 Å². The second-order valence-corrected chi connectivity index (χ2v) is 8.41. The van der Waals surface area contributed by atoms with Crippen molar-refractivity contribution in [2.24, 2.45) is 0 Å². The summed E-state index contributed by atoms with van der Waals surface area (Å²) < 4.78 is 64.3. The molecule has 0 aliphatic heterocycles. The van der Waals surface area contributed by atoms with Crippen LogP contribution in [0.25, 0.3) is 12.2 Å². The normalized spacial score (nSPS) is 12.5. The van der Waals surface area contributed by atoms with Crippen LogP contribution in [0.1, 0.15) is 11.1 Å². The fraction of sp³-hybridized carbons (Fsp3) is 0. The third kappa shape index (κ3) is 5.54. The molecule has 0 amide bonds. The van der Waals surface area contributed by atoms with Gasteiger partial charge in [0, 0.05) is 24.3 Å². The molecule has 0 radical (unpaired) electrons. The number of hydrogen-bond acceptors (Lipinski definition) is 8.